The SMILES string of the molecule is CCN1CCC(N(C)c2ncnc(Cl)c2CCl)CC1. The molecule has 2 heterocycles. The Hall–Kier alpha value is -0.580. The minimum absolute atomic E-state index is 0.340. The Balaban J connectivity index is 2.12. The van der Waals surface area contributed by atoms with E-state index in [1.807, 2.05) is 0 Å². The van der Waals surface area contributed by atoms with Crippen molar-refractivity contribution in [2.45, 2.75) is 31.7 Å². The number of anilines is 1. The minimum atomic E-state index is 0.340. The van der Waals surface area contributed by atoms with E-state index in [1.54, 1.807) is 0 Å². The summed E-state index contributed by atoms with van der Waals surface area (Å²) in [7, 11) is 2.07. The van der Waals surface area contributed by atoms with Crippen molar-refractivity contribution in [3.8, 4) is 0 Å². The van der Waals surface area contributed by atoms with Gasteiger partial charge in [-0.2, -0.15) is 0 Å². The summed E-state index contributed by atoms with van der Waals surface area (Å²) in [6.45, 7) is 5.61. The molecule has 19 heavy (non-hydrogen) atoms. The first kappa shape index (κ1) is 14.8. The summed E-state index contributed by atoms with van der Waals surface area (Å²) in [5.41, 5.74) is 0.825. The maximum absolute atomic E-state index is 6.09. The van der Waals surface area contributed by atoms with Crippen LogP contribution >= 0.6 is 23.2 Å². The first-order valence-corrected chi connectivity index (χ1v) is 7.59. The summed E-state index contributed by atoms with van der Waals surface area (Å²) >= 11 is 12.1. The molecule has 1 aliphatic heterocycles. The predicted octanol–water partition coefficient (Wildman–Crippen LogP) is 2.79. The van der Waals surface area contributed by atoms with Gasteiger partial charge in [0, 0.05) is 31.7 Å². The van der Waals surface area contributed by atoms with Crippen LogP contribution in [0.25, 0.3) is 0 Å². The Kier molecular flexibility index (Phi) is 5.25. The molecule has 0 unspecified atom stereocenters. The van der Waals surface area contributed by atoms with Gasteiger partial charge < -0.3 is 9.80 Å². The lowest BCUT2D eigenvalue weighted by Crippen LogP contribution is -2.43. The van der Waals surface area contributed by atoms with Crippen molar-refractivity contribution < 1.29 is 0 Å². The molecule has 0 radical (unpaired) electrons. The Bertz CT molecular complexity index is 419. The van der Waals surface area contributed by atoms with Crippen LogP contribution in [-0.2, 0) is 5.88 Å². The highest BCUT2D eigenvalue weighted by Gasteiger charge is 2.24. The Labute approximate surface area is 124 Å². The Morgan fingerprint density at radius 3 is 2.63 bits per heavy atom. The summed E-state index contributed by atoms with van der Waals surface area (Å²) in [5.74, 6) is 1.21. The number of nitrogens with zero attached hydrogens (tertiary/aromatic N) is 4. The molecule has 1 aromatic rings. The van der Waals surface area contributed by atoms with Crippen molar-refractivity contribution in [2.75, 3.05) is 31.6 Å². The van der Waals surface area contributed by atoms with E-state index in [2.05, 4.69) is 33.7 Å². The zero-order valence-electron chi connectivity index (χ0n) is 11.4. The third kappa shape index (κ3) is 3.30. The molecule has 1 fully saturated rings. The molecule has 6 heteroatoms. The summed E-state index contributed by atoms with van der Waals surface area (Å²) in [6.07, 6.45) is 3.80. The first-order chi connectivity index (χ1) is 9.17. The number of likely N-dealkylation sites (tertiary alicyclic amines) is 1. The van der Waals surface area contributed by atoms with E-state index in [0.29, 0.717) is 17.1 Å². The van der Waals surface area contributed by atoms with E-state index in [9.17, 15) is 0 Å². The van der Waals surface area contributed by atoms with Crippen molar-refractivity contribution in [1.29, 1.82) is 0 Å². The third-order valence-corrected chi connectivity index (χ3v) is 4.48. The van der Waals surface area contributed by atoms with Crippen molar-refractivity contribution in [3.05, 3.63) is 17.0 Å². The lowest BCUT2D eigenvalue weighted by Gasteiger charge is -2.37. The number of piperidine rings is 1. The second-order valence-electron chi connectivity index (χ2n) is 4.88. The summed E-state index contributed by atoms with van der Waals surface area (Å²) in [6, 6.07) is 0.496. The molecule has 1 aliphatic rings. The van der Waals surface area contributed by atoms with Crippen LogP contribution in [0.5, 0.6) is 0 Å². The third-order valence-electron chi connectivity index (χ3n) is 3.89. The van der Waals surface area contributed by atoms with Gasteiger partial charge >= 0.3 is 0 Å². The van der Waals surface area contributed by atoms with Crippen molar-refractivity contribution in [2.24, 2.45) is 0 Å². The maximum atomic E-state index is 6.09. The highest BCUT2D eigenvalue weighted by atomic mass is 35.5. The standard InChI is InChI=1S/C13H20Cl2N4/c1-3-19-6-4-10(5-7-19)18(2)13-11(8-14)12(15)16-9-17-13/h9-10H,3-8H2,1-2H3. The van der Waals surface area contributed by atoms with E-state index in [1.165, 1.54) is 6.33 Å². The summed E-state index contributed by atoms with van der Waals surface area (Å²) < 4.78 is 0. The van der Waals surface area contributed by atoms with Gasteiger partial charge in [0.25, 0.3) is 0 Å². The fraction of sp³-hybridized carbons (Fsp3) is 0.692. The molecule has 0 spiro atoms. The van der Waals surface area contributed by atoms with Crippen LogP contribution in [0.1, 0.15) is 25.3 Å². The van der Waals surface area contributed by atoms with Gasteiger partial charge in [-0.1, -0.05) is 18.5 Å². The molecule has 0 amide bonds. The lowest BCUT2D eigenvalue weighted by atomic mass is 10.0. The molecule has 2 rings (SSSR count). The fourth-order valence-corrected chi connectivity index (χ4v) is 3.11. The van der Waals surface area contributed by atoms with Gasteiger partial charge in [0.15, 0.2) is 0 Å². The van der Waals surface area contributed by atoms with Crippen LogP contribution in [0.3, 0.4) is 0 Å². The molecule has 4 nitrogen and oxygen atoms in total. The monoisotopic (exact) mass is 302 g/mol. The average Bonchev–Trinajstić information content (AvgIpc) is 2.46. The quantitative estimate of drug-likeness (QED) is 0.632. The Morgan fingerprint density at radius 2 is 2.05 bits per heavy atom. The smallest absolute Gasteiger partial charge is 0.138 e. The normalized spacial score (nSPS) is 17.7. The number of halogens is 2. The Morgan fingerprint density at radius 1 is 1.37 bits per heavy atom. The first-order valence-electron chi connectivity index (χ1n) is 6.67. The molecular formula is C13H20Cl2N4. The maximum Gasteiger partial charge on any atom is 0.138 e. The van der Waals surface area contributed by atoms with E-state index in [4.69, 9.17) is 23.2 Å². The molecule has 0 atom stereocenters. The van der Waals surface area contributed by atoms with Crippen LogP contribution < -0.4 is 4.90 Å². The number of aromatic nitrogens is 2. The van der Waals surface area contributed by atoms with Crippen molar-refractivity contribution in [3.63, 3.8) is 0 Å². The van der Waals surface area contributed by atoms with Crippen LogP contribution in [0.2, 0.25) is 5.15 Å². The van der Waals surface area contributed by atoms with Gasteiger partial charge in [-0.15, -0.1) is 11.6 Å². The summed E-state index contributed by atoms with van der Waals surface area (Å²) in [5, 5.41) is 0.456. The highest BCUT2D eigenvalue weighted by Crippen LogP contribution is 2.28. The zero-order valence-corrected chi connectivity index (χ0v) is 13.0. The fourth-order valence-electron chi connectivity index (χ4n) is 2.60. The molecule has 0 saturated carbocycles. The highest BCUT2D eigenvalue weighted by molar-refractivity contribution is 6.31. The van der Waals surface area contributed by atoms with E-state index < -0.39 is 0 Å². The molecule has 1 saturated heterocycles. The molecule has 0 aromatic carbocycles. The molecule has 0 aliphatic carbocycles. The summed E-state index contributed by atoms with van der Waals surface area (Å²) in [4.78, 5) is 13.0. The van der Waals surface area contributed by atoms with Gasteiger partial charge in [0.05, 0.1) is 5.88 Å². The van der Waals surface area contributed by atoms with Gasteiger partial charge in [-0.3, -0.25) is 0 Å². The van der Waals surface area contributed by atoms with Crippen LogP contribution in [-0.4, -0.2) is 47.6 Å². The predicted molar refractivity (Wildman–Crippen MR) is 80.1 cm³/mol. The van der Waals surface area contributed by atoms with Crippen molar-refractivity contribution >= 4 is 29.0 Å². The average molecular weight is 303 g/mol. The minimum Gasteiger partial charge on any atom is -0.356 e. The molecule has 106 valence electrons. The van der Waals surface area contributed by atoms with Crippen LogP contribution in [0.15, 0.2) is 6.33 Å². The van der Waals surface area contributed by atoms with Gasteiger partial charge in [0.1, 0.15) is 17.3 Å². The second-order valence-corrected chi connectivity index (χ2v) is 5.50. The van der Waals surface area contributed by atoms with Crippen LogP contribution in [0.4, 0.5) is 5.82 Å². The number of hydrogen-bond donors (Lipinski definition) is 0. The van der Waals surface area contributed by atoms with Gasteiger partial charge in [0.2, 0.25) is 0 Å². The van der Waals surface area contributed by atoms with E-state index >= 15 is 0 Å². The number of rotatable bonds is 4. The largest absolute Gasteiger partial charge is 0.356 e. The molecule has 0 N–H and O–H groups in total. The van der Waals surface area contributed by atoms with E-state index in [-0.39, 0.29) is 0 Å². The van der Waals surface area contributed by atoms with Gasteiger partial charge in [-0.25, -0.2) is 9.97 Å². The number of alkyl halides is 1. The van der Waals surface area contributed by atoms with Crippen molar-refractivity contribution in [1.82, 2.24) is 14.9 Å². The second kappa shape index (κ2) is 6.73. The number of hydrogen-bond acceptors (Lipinski definition) is 4. The topological polar surface area (TPSA) is 32.3 Å². The van der Waals surface area contributed by atoms with Gasteiger partial charge in [-0.05, 0) is 19.4 Å². The van der Waals surface area contributed by atoms with E-state index in [0.717, 1.165) is 43.9 Å². The molecular weight excluding hydrogens is 283 g/mol. The molecule has 1 aromatic heterocycles. The molecule has 0 bridgehead atoms. The zero-order chi connectivity index (χ0) is 13.8. The van der Waals surface area contributed by atoms with Crippen LogP contribution in [0, 0.1) is 0 Å². The lowest BCUT2D eigenvalue weighted by molar-refractivity contribution is 0.220.